The predicted octanol–water partition coefficient (Wildman–Crippen LogP) is 3.86. The Morgan fingerprint density at radius 1 is 1.24 bits per heavy atom. The van der Waals surface area contributed by atoms with Gasteiger partial charge >= 0.3 is 0 Å². The minimum atomic E-state index is -0.177. The zero-order chi connectivity index (χ0) is 17.8. The zero-order valence-electron chi connectivity index (χ0n) is 15.6. The molecule has 3 atom stereocenters. The maximum atomic E-state index is 12.3. The Morgan fingerprint density at radius 2 is 2.04 bits per heavy atom. The van der Waals surface area contributed by atoms with E-state index in [1.807, 2.05) is 13.0 Å². The summed E-state index contributed by atoms with van der Waals surface area (Å²) < 4.78 is 0. The summed E-state index contributed by atoms with van der Waals surface area (Å²) in [7, 11) is 0. The molecule has 4 heteroatoms. The van der Waals surface area contributed by atoms with Gasteiger partial charge in [-0.1, -0.05) is 24.5 Å². The summed E-state index contributed by atoms with van der Waals surface area (Å²) in [6.07, 6.45) is 9.19. The van der Waals surface area contributed by atoms with Gasteiger partial charge in [-0.05, 0) is 64.0 Å². The van der Waals surface area contributed by atoms with Crippen molar-refractivity contribution < 1.29 is 9.90 Å². The second kappa shape index (κ2) is 8.22. The van der Waals surface area contributed by atoms with E-state index in [0.29, 0.717) is 18.2 Å². The van der Waals surface area contributed by atoms with Crippen LogP contribution < -0.4 is 5.32 Å². The SMILES string of the molecule is Cc1ccc(O)c(C(=O)NCCCN2[C@@H](C)CC[C@@H]3CCCC[C@@H]32)c1. The number of nitrogens with zero attached hydrogens (tertiary/aromatic N) is 1. The van der Waals surface area contributed by atoms with Gasteiger partial charge in [-0.25, -0.2) is 0 Å². The minimum absolute atomic E-state index is 0.0535. The Bertz CT molecular complexity index is 602. The lowest BCUT2D eigenvalue weighted by Gasteiger charge is -2.48. The van der Waals surface area contributed by atoms with Crippen LogP contribution in [0.3, 0.4) is 0 Å². The quantitative estimate of drug-likeness (QED) is 0.798. The van der Waals surface area contributed by atoms with E-state index in [2.05, 4.69) is 17.1 Å². The topological polar surface area (TPSA) is 52.6 Å². The largest absolute Gasteiger partial charge is 0.507 e. The molecule has 4 nitrogen and oxygen atoms in total. The molecule has 25 heavy (non-hydrogen) atoms. The zero-order valence-corrected chi connectivity index (χ0v) is 15.6. The lowest BCUT2D eigenvalue weighted by atomic mass is 9.76. The predicted molar refractivity (Wildman–Crippen MR) is 101 cm³/mol. The van der Waals surface area contributed by atoms with Gasteiger partial charge in [0.05, 0.1) is 5.56 Å². The number of carbonyl (C=O) groups excluding carboxylic acids is 1. The molecule has 2 aliphatic rings. The molecule has 1 aliphatic carbocycles. The van der Waals surface area contributed by atoms with E-state index in [4.69, 9.17) is 0 Å². The molecule has 0 bridgehead atoms. The number of likely N-dealkylation sites (tertiary alicyclic amines) is 1. The van der Waals surface area contributed by atoms with Crippen LogP contribution in [-0.2, 0) is 0 Å². The molecular weight excluding hydrogens is 312 g/mol. The van der Waals surface area contributed by atoms with Crippen LogP contribution >= 0.6 is 0 Å². The fourth-order valence-electron chi connectivity index (χ4n) is 4.69. The van der Waals surface area contributed by atoms with Crippen LogP contribution in [0.5, 0.6) is 5.75 Å². The van der Waals surface area contributed by atoms with Crippen LogP contribution in [0, 0.1) is 12.8 Å². The normalized spacial score (nSPS) is 26.9. The van der Waals surface area contributed by atoms with Gasteiger partial charge in [-0.2, -0.15) is 0 Å². The molecule has 138 valence electrons. The molecule has 1 aromatic rings. The highest BCUT2D eigenvalue weighted by atomic mass is 16.3. The Morgan fingerprint density at radius 3 is 2.88 bits per heavy atom. The van der Waals surface area contributed by atoms with E-state index in [1.54, 1.807) is 12.1 Å². The summed E-state index contributed by atoms with van der Waals surface area (Å²) in [6, 6.07) is 6.56. The fourth-order valence-corrected chi connectivity index (χ4v) is 4.69. The highest BCUT2D eigenvalue weighted by Gasteiger charge is 2.36. The van der Waals surface area contributed by atoms with Gasteiger partial charge in [0, 0.05) is 25.2 Å². The first-order valence-electron chi connectivity index (χ1n) is 9.90. The first kappa shape index (κ1) is 18.2. The number of hydrogen-bond acceptors (Lipinski definition) is 3. The lowest BCUT2D eigenvalue weighted by molar-refractivity contribution is 0.0215. The van der Waals surface area contributed by atoms with Crippen molar-refractivity contribution in [1.29, 1.82) is 0 Å². The first-order valence-corrected chi connectivity index (χ1v) is 9.90. The van der Waals surface area contributed by atoms with Gasteiger partial charge in [-0.15, -0.1) is 0 Å². The smallest absolute Gasteiger partial charge is 0.255 e. The van der Waals surface area contributed by atoms with Crippen molar-refractivity contribution >= 4 is 5.91 Å². The lowest BCUT2D eigenvalue weighted by Crippen LogP contribution is -2.51. The van der Waals surface area contributed by atoms with Crippen LogP contribution in [0.25, 0.3) is 0 Å². The van der Waals surface area contributed by atoms with Crippen molar-refractivity contribution in [3.05, 3.63) is 29.3 Å². The van der Waals surface area contributed by atoms with Crippen LogP contribution in [0.1, 0.15) is 67.8 Å². The number of fused-ring (bicyclic) bond motifs is 1. The number of phenolic OH excluding ortho intramolecular Hbond substituents is 1. The number of aryl methyl sites for hydroxylation is 1. The maximum absolute atomic E-state index is 12.3. The molecule has 1 aliphatic heterocycles. The van der Waals surface area contributed by atoms with Crippen LogP contribution in [0.15, 0.2) is 18.2 Å². The van der Waals surface area contributed by atoms with Gasteiger partial charge in [0.2, 0.25) is 0 Å². The summed E-state index contributed by atoms with van der Waals surface area (Å²) in [5.41, 5.74) is 1.35. The van der Waals surface area contributed by atoms with Crippen molar-refractivity contribution in [1.82, 2.24) is 10.2 Å². The Kier molecular flexibility index (Phi) is 6.00. The van der Waals surface area contributed by atoms with E-state index in [0.717, 1.165) is 30.5 Å². The van der Waals surface area contributed by atoms with Crippen LogP contribution in [-0.4, -0.2) is 41.1 Å². The standard InChI is InChI=1S/C21H32N2O2/c1-15-8-11-20(24)18(14-15)21(25)22-12-5-13-23-16(2)9-10-17-6-3-4-7-19(17)23/h8,11,14,16-17,19,24H,3-7,9-10,12-13H2,1-2H3,(H,22,25)/t16-,17-,19-/m0/s1. The molecule has 1 amide bonds. The first-order chi connectivity index (χ1) is 12.1. The number of piperidine rings is 1. The van der Waals surface area contributed by atoms with Crippen molar-refractivity contribution in [2.45, 2.75) is 70.9 Å². The third-order valence-corrected chi connectivity index (χ3v) is 6.09. The minimum Gasteiger partial charge on any atom is -0.507 e. The Balaban J connectivity index is 1.48. The summed E-state index contributed by atoms with van der Waals surface area (Å²) >= 11 is 0. The second-order valence-electron chi connectivity index (χ2n) is 7.91. The Labute approximate surface area is 151 Å². The summed E-state index contributed by atoms with van der Waals surface area (Å²) in [5.74, 6) is 0.769. The molecule has 1 aromatic carbocycles. The van der Waals surface area contributed by atoms with E-state index >= 15 is 0 Å². The third kappa shape index (κ3) is 4.35. The number of benzene rings is 1. The summed E-state index contributed by atoms with van der Waals surface area (Å²) in [6.45, 7) is 6.00. The van der Waals surface area contributed by atoms with Gasteiger partial charge in [0.1, 0.15) is 5.75 Å². The second-order valence-corrected chi connectivity index (χ2v) is 7.91. The average Bonchev–Trinajstić information content (AvgIpc) is 2.62. The molecular formula is C21H32N2O2. The van der Waals surface area contributed by atoms with Gasteiger partial charge in [0.25, 0.3) is 5.91 Å². The van der Waals surface area contributed by atoms with E-state index in [-0.39, 0.29) is 11.7 Å². The molecule has 0 radical (unpaired) electrons. The van der Waals surface area contributed by atoms with Crippen molar-refractivity contribution in [3.63, 3.8) is 0 Å². The highest BCUT2D eigenvalue weighted by molar-refractivity contribution is 5.96. The summed E-state index contributed by atoms with van der Waals surface area (Å²) in [4.78, 5) is 15.0. The molecule has 2 N–H and O–H groups in total. The molecule has 0 aromatic heterocycles. The van der Waals surface area contributed by atoms with Gasteiger partial charge < -0.3 is 10.4 Å². The van der Waals surface area contributed by atoms with Crippen LogP contribution in [0.4, 0.5) is 0 Å². The van der Waals surface area contributed by atoms with Crippen LogP contribution in [0.2, 0.25) is 0 Å². The summed E-state index contributed by atoms with van der Waals surface area (Å²) in [5, 5.41) is 12.8. The maximum Gasteiger partial charge on any atom is 0.255 e. The number of amides is 1. The molecule has 2 fully saturated rings. The van der Waals surface area contributed by atoms with E-state index < -0.39 is 0 Å². The monoisotopic (exact) mass is 344 g/mol. The van der Waals surface area contributed by atoms with Crippen molar-refractivity contribution in [2.75, 3.05) is 13.1 Å². The molecule has 1 saturated carbocycles. The van der Waals surface area contributed by atoms with Gasteiger partial charge in [-0.3, -0.25) is 9.69 Å². The van der Waals surface area contributed by atoms with E-state index in [9.17, 15) is 9.90 Å². The number of nitrogens with one attached hydrogen (secondary N) is 1. The number of aromatic hydroxyl groups is 1. The number of carbonyl (C=O) groups is 1. The molecule has 1 saturated heterocycles. The highest BCUT2D eigenvalue weighted by Crippen LogP contribution is 2.37. The molecule has 3 rings (SSSR count). The van der Waals surface area contributed by atoms with Crippen molar-refractivity contribution in [3.8, 4) is 5.75 Å². The fraction of sp³-hybridized carbons (Fsp3) is 0.667. The molecule has 0 spiro atoms. The number of hydrogen-bond donors (Lipinski definition) is 2. The van der Waals surface area contributed by atoms with Crippen molar-refractivity contribution in [2.24, 2.45) is 5.92 Å². The van der Waals surface area contributed by atoms with Gasteiger partial charge in [0.15, 0.2) is 0 Å². The third-order valence-electron chi connectivity index (χ3n) is 6.09. The molecule has 0 unspecified atom stereocenters. The number of phenols is 1. The Hall–Kier alpha value is -1.55. The molecule has 1 heterocycles. The number of rotatable bonds is 5. The van der Waals surface area contributed by atoms with E-state index in [1.165, 1.54) is 38.5 Å². The average molecular weight is 344 g/mol.